The molecule has 1 aliphatic heterocycles. The van der Waals surface area contributed by atoms with E-state index in [0.717, 1.165) is 30.9 Å². The normalized spacial score (nSPS) is 16.4. The van der Waals surface area contributed by atoms with Crippen LogP contribution in [0.4, 0.5) is 30.5 Å². The van der Waals surface area contributed by atoms with Crippen molar-refractivity contribution in [3.8, 4) is 12.3 Å². The third-order valence-corrected chi connectivity index (χ3v) is 8.21. The molecule has 2 atom stereocenters. The van der Waals surface area contributed by atoms with Crippen LogP contribution >= 0.6 is 0 Å². The van der Waals surface area contributed by atoms with Gasteiger partial charge in [0.2, 0.25) is 5.95 Å². The van der Waals surface area contributed by atoms with Crippen LogP contribution in [0.3, 0.4) is 0 Å². The Morgan fingerprint density at radius 3 is 2.56 bits per heavy atom. The average molecular weight is 581 g/mol. The third-order valence-electron chi connectivity index (χ3n) is 6.73. The first-order valence-electron chi connectivity index (χ1n) is 12.8. The highest BCUT2D eigenvalue weighted by Crippen LogP contribution is 2.24. The lowest BCUT2D eigenvalue weighted by Gasteiger charge is -2.16. The number of likely N-dealkylation sites (tertiary alicyclic amines) is 1. The summed E-state index contributed by atoms with van der Waals surface area (Å²) in [6.07, 6.45) is 3.54. The van der Waals surface area contributed by atoms with Crippen LogP contribution in [0, 0.1) is 12.3 Å². The molecule has 5 rings (SSSR count). The van der Waals surface area contributed by atoms with Gasteiger partial charge in [0.25, 0.3) is 5.56 Å². The molecule has 0 radical (unpaired) electrons. The molecule has 41 heavy (non-hydrogen) atoms. The molecular weight excluding hydrogens is 553 g/mol. The van der Waals surface area contributed by atoms with Gasteiger partial charge in [-0.05, 0) is 62.0 Å². The monoisotopic (exact) mass is 580 g/mol. The van der Waals surface area contributed by atoms with E-state index < -0.39 is 28.3 Å². The number of nitrogens with zero attached hydrogens (tertiary/aromatic N) is 4. The van der Waals surface area contributed by atoms with Gasteiger partial charge in [-0.2, -0.15) is 18.2 Å². The Kier molecular flexibility index (Phi) is 8.10. The van der Waals surface area contributed by atoms with Gasteiger partial charge >= 0.3 is 6.18 Å². The Hall–Kier alpha value is -4.21. The Morgan fingerprint density at radius 1 is 1.15 bits per heavy atom. The summed E-state index contributed by atoms with van der Waals surface area (Å²) in [4.78, 5) is 24.4. The Balaban J connectivity index is 1.45. The highest BCUT2D eigenvalue weighted by Gasteiger charge is 2.32. The van der Waals surface area contributed by atoms with Crippen molar-refractivity contribution in [3.05, 3.63) is 82.3 Å². The second-order valence-electron chi connectivity index (χ2n) is 9.87. The van der Waals surface area contributed by atoms with Gasteiger partial charge in [-0.1, -0.05) is 24.1 Å². The lowest BCUT2D eigenvalue weighted by molar-refractivity contribution is -0.105. The maximum absolute atomic E-state index is 13.3. The summed E-state index contributed by atoms with van der Waals surface area (Å²) in [6.45, 7) is 1.86. The molecule has 0 saturated carbocycles. The third kappa shape index (κ3) is 6.75. The molecule has 2 N–H and O–H groups in total. The van der Waals surface area contributed by atoms with Gasteiger partial charge in [0.15, 0.2) is 0 Å². The lowest BCUT2D eigenvalue weighted by Crippen LogP contribution is -2.25. The van der Waals surface area contributed by atoms with Gasteiger partial charge in [0.05, 0.1) is 22.9 Å². The zero-order valence-corrected chi connectivity index (χ0v) is 22.9. The summed E-state index contributed by atoms with van der Waals surface area (Å²) >= 11 is 0. The second kappa shape index (κ2) is 11.7. The van der Waals surface area contributed by atoms with Crippen LogP contribution in [0.2, 0.25) is 0 Å². The fourth-order valence-electron chi connectivity index (χ4n) is 4.79. The molecule has 1 saturated heterocycles. The Morgan fingerprint density at radius 2 is 1.88 bits per heavy atom. The maximum Gasteiger partial charge on any atom is 0.400 e. The zero-order valence-electron chi connectivity index (χ0n) is 22.1. The lowest BCUT2D eigenvalue weighted by atomic mass is 10.2. The minimum atomic E-state index is -4.61. The van der Waals surface area contributed by atoms with Gasteiger partial charge < -0.3 is 15.5 Å². The van der Waals surface area contributed by atoms with Gasteiger partial charge in [-0.25, -0.2) is 4.98 Å². The van der Waals surface area contributed by atoms with E-state index in [1.807, 2.05) is 24.3 Å². The van der Waals surface area contributed by atoms with Crippen molar-refractivity contribution < 1.29 is 17.4 Å². The number of halogens is 3. The zero-order chi connectivity index (χ0) is 29.1. The number of hydrogen-bond donors (Lipinski definition) is 2. The molecule has 8 nitrogen and oxygen atoms in total. The average Bonchev–Trinajstić information content (AvgIpc) is 3.35. The van der Waals surface area contributed by atoms with E-state index in [1.165, 1.54) is 35.0 Å². The van der Waals surface area contributed by atoms with Crippen LogP contribution in [0.15, 0.2) is 70.5 Å². The van der Waals surface area contributed by atoms with E-state index in [4.69, 9.17) is 6.42 Å². The first-order chi connectivity index (χ1) is 19.6. The fourth-order valence-corrected chi connectivity index (χ4v) is 5.90. The number of terminal acetylenes is 1. The number of benzene rings is 2. The number of aromatic nitrogens is 3. The van der Waals surface area contributed by atoms with E-state index >= 15 is 0 Å². The fraction of sp³-hybridized carbons (Fsp3) is 0.276. The smallest absolute Gasteiger partial charge is 0.381 e. The molecule has 0 aliphatic carbocycles. The SMILES string of the molecule is C#Cc1cc2cnc(Nc3ccc(NC4CCN(C)C4)cc3)nc2n(Cc2ccccc2S(=O)CC(F)(F)F)c1=O. The molecule has 1 fully saturated rings. The summed E-state index contributed by atoms with van der Waals surface area (Å²) in [6, 6.07) is 15.6. The van der Waals surface area contributed by atoms with Crippen molar-refractivity contribution in [2.75, 3.05) is 36.5 Å². The largest absolute Gasteiger partial charge is 0.400 e. The van der Waals surface area contributed by atoms with Crippen LogP contribution in [0.25, 0.3) is 11.0 Å². The quantitative estimate of drug-likeness (QED) is 0.300. The van der Waals surface area contributed by atoms with Crippen molar-refractivity contribution in [1.29, 1.82) is 0 Å². The van der Waals surface area contributed by atoms with Crippen LogP contribution in [0.1, 0.15) is 17.5 Å². The Bertz CT molecular complexity index is 1700. The van der Waals surface area contributed by atoms with Gasteiger partial charge in [-0.15, -0.1) is 6.42 Å². The number of hydrogen-bond acceptors (Lipinski definition) is 7. The molecule has 3 heterocycles. The highest BCUT2D eigenvalue weighted by molar-refractivity contribution is 7.85. The summed E-state index contributed by atoms with van der Waals surface area (Å²) in [5.41, 5.74) is 1.73. The molecule has 212 valence electrons. The van der Waals surface area contributed by atoms with Crippen molar-refractivity contribution in [2.45, 2.75) is 30.1 Å². The Labute approximate surface area is 237 Å². The molecule has 12 heteroatoms. The molecule has 2 aromatic heterocycles. The molecular formula is C29H27F3N6O2S. The van der Waals surface area contributed by atoms with E-state index in [2.05, 4.69) is 38.5 Å². The summed E-state index contributed by atoms with van der Waals surface area (Å²) in [5.74, 6) is 1.07. The standard InChI is InChI=1S/C29H27F3N6O2S/c1-3-19-14-21-15-33-28(35-23-10-8-22(9-11-23)34-24-12-13-37(2)17-24)36-26(21)38(27(19)39)16-20-6-4-5-7-25(20)41(40)18-29(30,31)32/h1,4-11,14-15,24,34H,12-13,16-18H2,2H3,(H,33,35,36). The van der Waals surface area contributed by atoms with Crippen LogP contribution in [-0.4, -0.2) is 61.8 Å². The van der Waals surface area contributed by atoms with E-state index in [9.17, 15) is 22.2 Å². The summed E-state index contributed by atoms with van der Waals surface area (Å²) in [7, 11) is -0.260. The maximum atomic E-state index is 13.3. The first-order valence-corrected chi connectivity index (χ1v) is 14.1. The number of anilines is 3. The number of nitrogens with one attached hydrogen (secondary N) is 2. The predicted molar refractivity (Wildman–Crippen MR) is 154 cm³/mol. The van der Waals surface area contributed by atoms with Crippen LogP contribution in [-0.2, 0) is 17.3 Å². The van der Waals surface area contributed by atoms with Crippen LogP contribution in [0.5, 0.6) is 0 Å². The molecule has 4 aromatic rings. The van der Waals surface area contributed by atoms with Crippen molar-refractivity contribution in [2.24, 2.45) is 0 Å². The summed E-state index contributed by atoms with van der Waals surface area (Å²) in [5, 5.41) is 7.12. The van der Waals surface area contributed by atoms with E-state index in [1.54, 1.807) is 6.07 Å². The predicted octanol–water partition coefficient (Wildman–Crippen LogP) is 4.35. The molecule has 1 aliphatic rings. The minimum absolute atomic E-state index is 0.0126. The van der Waals surface area contributed by atoms with E-state index in [0.29, 0.717) is 11.4 Å². The van der Waals surface area contributed by atoms with Gasteiger partial charge in [0.1, 0.15) is 11.4 Å². The van der Waals surface area contributed by atoms with Crippen molar-refractivity contribution in [3.63, 3.8) is 0 Å². The van der Waals surface area contributed by atoms with Crippen molar-refractivity contribution in [1.82, 2.24) is 19.4 Å². The molecule has 2 aromatic carbocycles. The summed E-state index contributed by atoms with van der Waals surface area (Å²) < 4.78 is 52.8. The first kappa shape index (κ1) is 28.3. The topological polar surface area (TPSA) is 92.2 Å². The number of rotatable bonds is 8. The van der Waals surface area contributed by atoms with Crippen LogP contribution < -0.4 is 16.2 Å². The van der Waals surface area contributed by atoms with Gasteiger partial charge in [-0.3, -0.25) is 13.6 Å². The molecule has 0 spiro atoms. The number of fused-ring (bicyclic) bond motifs is 1. The van der Waals surface area contributed by atoms with E-state index in [-0.39, 0.29) is 34.2 Å². The number of pyridine rings is 1. The second-order valence-corrected chi connectivity index (χ2v) is 11.3. The minimum Gasteiger partial charge on any atom is -0.381 e. The van der Waals surface area contributed by atoms with Gasteiger partial charge in [0, 0.05) is 40.4 Å². The van der Waals surface area contributed by atoms with Crippen molar-refractivity contribution >= 4 is 39.2 Å². The molecule has 2 unspecified atom stereocenters. The molecule has 0 amide bonds. The highest BCUT2D eigenvalue weighted by atomic mass is 32.2. The number of likely N-dealkylation sites (N-methyl/N-ethyl adjacent to an activating group) is 1. The molecule has 0 bridgehead atoms. The number of alkyl halides is 3.